The molecule has 5 nitrogen and oxygen atoms in total. The van der Waals surface area contributed by atoms with E-state index < -0.39 is 41.4 Å². The summed E-state index contributed by atoms with van der Waals surface area (Å²) in [4.78, 5) is 16.3. The standard InChI is InChI=1S/C23H21F5N2O3/c1-4-6-15-16(23(26,27)28)7-5-8-20(15)33-22-30-19(11-32-22)21(31)29-13(3)14-9-17(24)12(2)18(25)10-14/h5,7-11,13H,4,6H2,1-3H3,(H,29,31). The molecule has 0 saturated heterocycles. The Balaban J connectivity index is 1.77. The molecule has 1 N–H and O–H groups in total. The molecule has 0 aliphatic heterocycles. The van der Waals surface area contributed by atoms with E-state index in [9.17, 15) is 26.7 Å². The molecule has 1 heterocycles. The van der Waals surface area contributed by atoms with Gasteiger partial charge in [-0.05, 0) is 50.1 Å². The van der Waals surface area contributed by atoms with E-state index in [1.165, 1.54) is 26.0 Å². The van der Waals surface area contributed by atoms with Crippen LogP contribution in [0.1, 0.15) is 59.1 Å². The van der Waals surface area contributed by atoms with Crippen LogP contribution in [0.2, 0.25) is 0 Å². The van der Waals surface area contributed by atoms with Gasteiger partial charge in [-0.25, -0.2) is 8.78 Å². The third kappa shape index (κ3) is 5.50. The number of hydrogen-bond acceptors (Lipinski definition) is 4. The van der Waals surface area contributed by atoms with E-state index in [2.05, 4.69) is 10.3 Å². The van der Waals surface area contributed by atoms with Crippen LogP contribution >= 0.6 is 0 Å². The van der Waals surface area contributed by atoms with E-state index in [-0.39, 0.29) is 34.6 Å². The Morgan fingerprint density at radius 2 is 1.88 bits per heavy atom. The lowest BCUT2D eigenvalue weighted by Gasteiger charge is -2.15. The molecule has 1 amide bonds. The van der Waals surface area contributed by atoms with Gasteiger partial charge >= 0.3 is 12.3 Å². The van der Waals surface area contributed by atoms with Crippen LogP contribution in [0.3, 0.4) is 0 Å². The maximum atomic E-state index is 13.8. The highest BCUT2D eigenvalue weighted by molar-refractivity contribution is 5.92. The zero-order valence-corrected chi connectivity index (χ0v) is 18.0. The van der Waals surface area contributed by atoms with E-state index in [1.807, 2.05) is 0 Å². The quantitative estimate of drug-likeness (QED) is 0.401. The van der Waals surface area contributed by atoms with Gasteiger partial charge in [-0.1, -0.05) is 19.4 Å². The first-order valence-electron chi connectivity index (χ1n) is 10.1. The molecule has 1 atom stereocenters. The van der Waals surface area contributed by atoms with Gasteiger partial charge in [0, 0.05) is 11.1 Å². The number of carbonyl (C=O) groups is 1. The highest BCUT2D eigenvalue weighted by atomic mass is 19.4. The van der Waals surface area contributed by atoms with Crippen molar-refractivity contribution in [3.05, 3.63) is 76.2 Å². The van der Waals surface area contributed by atoms with Crippen LogP contribution in [-0.4, -0.2) is 10.9 Å². The highest BCUT2D eigenvalue weighted by Crippen LogP contribution is 2.38. The van der Waals surface area contributed by atoms with Crippen molar-refractivity contribution in [2.75, 3.05) is 0 Å². The molecule has 0 spiro atoms. The first-order valence-corrected chi connectivity index (χ1v) is 10.1. The van der Waals surface area contributed by atoms with Crippen LogP contribution in [0, 0.1) is 18.6 Å². The Labute approximate surface area is 186 Å². The Morgan fingerprint density at radius 3 is 2.48 bits per heavy atom. The lowest BCUT2D eigenvalue weighted by molar-refractivity contribution is -0.138. The molecular formula is C23H21F5N2O3. The SMILES string of the molecule is CCCc1c(Oc2nc(C(=O)NC(C)c3cc(F)c(C)c(F)c3)co2)cccc1C(F)(F)F. The lowest BCUT2D eigenvalue weighted by atomic mass is 10.0. The van der Waals surface area contributed by atoms with Crippen LogP contribution < -0.4 is 10.1 Å². The number of hydrogen-bond donors (Lipinski definition) is 1. The van der Waals surface area contributed by atoms with Gasteiger partial charge in [-0.2, -0.15) is 18.2 Å². The number of rotatable bonds is 7. The summed E-state index contributed by atoms with van der Waals surface area (Å²) >= 11 is 0. The molecule has 0 saturated carbocycles. The topological polar surface area (TPSA) is 64.4 Å². The maximum absolute atomic E-state index is 13.8. The van der Waals surface area contributed by atoms with Crippen molar-refractivity contribution < 1.29 is 35.9 Å². The Bertz CT molecular complexity index is 1130. The minimum Gasteiger partial charge on any atom is -0.416 e. The number of amides is 1. The van der Waals surface area contributed by atoms with Crippen LogP contribution in [0.25, 0.3) is 0 Å². The molecule has 1 unspecified atom stereocenters. The van der Waals surface area contributed by atoms with E-state index in [4.69, 9.17) is 9.15 Å². The van der Waals surface area contributed by atoms with Gasteiger partial charge in [0.15, 0.2) is 5.69 Å². The molecule has 3 aromatic rings. The molecular weight excluding hydrogens is 447 g/mol. The third-order valence-electron chi connectivity index (χ3n) is 5.00. The first-order chi connectivity index (χ1) is 15.5. The van der Waals surface area contributed by atoms with Gasteiger partial charge in [0.1, 0.15) is 23.6 Å². The minimum atomic E-state index is -4.56. The van der Waals surface area contributed by atoms with Crippen molar-refractivity contribution in [3.63, 3.8) is 0 Å². The van der Waals surface area contributed by atoms with E-state index in [1.54, 1.807) is 6.92 Å². The predicted octanol–water partition coefficient (Wildman–Crippen LogP) is 6.52. The number of oxazole rings is 1. The third-order valence-corrected chi connectivity index (χ3v) is 5.00. The van der Waals surface area contributed by atoms with Crippen molar-refractivity contribution in [3.8, 4) is 11.8 Å². The summed E-state index contributed by atoms with van der Waals surface area (Å²) in [6, 6.07) is 4.99. The van der Waals surface area contributed by atoms with Gasteiger partial charge in [0.2, 0.25) is 0 Å². The summed E-state index contributed by atoms with van der Waals surface area (Å²) < 4.78 is 78.1. The average molecular weight is 468 g/mol. The van der Waals surface area contributed by atoms with Crippen LogP contribution in [0.5, 0.6) is 11.8 Å². The highest BCUT2D eigenvalue weighted by Gasteiger charge is 2.34. The summed E-state index contributed by atoms with van der Waals surface area (Å²) in [6.45, 7) is 4.56. The Hall–Kier alpha value is -3.43. The predicted molar refractivity (Wildman–Crippen MR) is 109 cm³/mol. The summed E-state index contributed by atoms with van der Waals surface area (Å²) in [6.07, 6.45) is -3.45. The van der Waals surface area contributed by atoms with Crippen molar-refractivity contribution >= 4 is 5.91 Å². The monoisotopic (exact) mass is 468 g/mol. The number of nitrogens with one attached hydrogen (secondary N) is 1. The first kappa shape index (κ1) is 24.2. The molecule has 0 aliphatic rings. The van der Waals surface area contributed by atoms with Gasteiger partial charge < -0.3 is 14.5 Å². The molecule has 2 aromatic carbocycles. The van der Waals surface area contributed by atoms with E-state index >= 15 is 0 Å². The number of carbonyl (C=O) groups excluding carboxylic acids is 1. The van der Waals surface area contributed by atoms with Crippen molar-refractivity contribution in [2.45, 2.75) is 45.8 Å². The number of benzene rings is 2. The molecule has 0 fully saturated rings. The molecule has 10 heteroatoms. The van der Waals surface area contributed by atoms with Crippen molar-refractivity contribution in [1.29, 1.82) is 0 Å². The van der Waals surface area contributed by atoms with Crippen LogP contribution in [-0.2, 0) is 12.6 Å². The molecule has 0 radical (unpaired) electrons. The number of halogens is 5. The molecule has 33 heavy (non-hydrogen) atoms. The number of alkyl halides is 3. The van der Waals surface area contributed by atoms with Crippen molar-refractivity contribution in [2.24, 2.45) is 0 Å². The average Bonchev–Trinajstić information content (AvgIpc) is 3.21. The zero-order chi connectivity index (χ0) is 24.3. The lowest BCUT2D eigenvalue weighted by Crippen LogP contribution is -2.27. The van der Waals surface area contributed by atoms with Gasteiger partial charge in [0.25, 0.3) is 5.91 Å². The van der Waals surface area contributed by atoms with Gasteiger partial charge in [0.05, 0.1) is 11.6 Å². The van der Waals surface area contributed by atoms with Gasteiger partial charge in [-0.15, -0.1) is 0 Å². The number of aromatic nitrogens is 1. The summed E-state index contributed by atoms with van der Waals surface area (Å²) in [5.74, 6) is -2.29. The fourth-order valence-electron chi connectivity index (χ4n) is 3.21. The zero-order valence-electron chi connectivity index (χ0n) is 18.0. The second-order valence-corrected chi connectivity index (χ2v) is 7.44. The summed E-state index contributed by atoms with van der Waals surface area (Å²) in [5.41, 5.74) is -1.01. The second-order valence-electron chi connectivity index (χ2n) is 7.44. The molecule has 0 bridgehead atoms. The largest absolute Gasteiger partial charge is 0.416 e. The molecule has 1 aromatic heterocycles. The number of nitrogens with zero attached hydrogens (tertiary/aromatic N) is 1. The maximum Gasteiger partial charge on any atom is 0.416 e. The summed E-state index contributed by atoms with van der Waals surface area (Å²) in [5, 5.41) is 2.53. The molecule has 176 valence electrons. The molecule has 0 aliphatic carbocycles. The molecule has 3 rings (SSSR count). The van der Waals surface area contributed by atoms with Gasteiger partial charge in [-0.3, -0.25) is 4.79 Å². The normalized spacial score (nSPS) is 12.5. The summed E-state index contributed by atoms with van der Waals surface area (Å²) in [7, 11) is 0. The van der Waals surface area contributed by atoms with Crippen LogP contribution in [0.15, 0.2) is 41.0 Å². The second kappa shape index (κ2) is 9.60. The number of ether oxygens (including phenoxy) is 1. The van der Waals surface area contributed by atoms with Crippen molar-refractivity contribution in [1.82, 2.24) is 10.3 Å². The van der Waals surface area contributed by atoms with Crippen LogP contribution in [0.4, 0.5) is 22.0 Å². The Morgan fingerprint density at radius 1 is 1.21 bits per heavy atom. The fraction of sp³-hybridized carbons (Fsp3) is 0.304. The van der Waals surface area contributed by atoms with E-state index in [0.717, 1.165) is 24.5 Å². The van der Waals surface area contributed by atoms with E-state index in [0.29, 0.717) is 6.42 Å². The fourth-order valence-corrected chi connectivity index (χ4v) is 3.21. The minimum absolute atomic E-state index is 0.0475. The Kier molecular flexibility index (Phi) is 7.04. The smallest absolute Gasteiger partial charge is 0.416 e.